The Hall–Kier alpha value is -1.80. The SMILES string of the molecule is CCNC(c1ccc2c(c1)CCO2)c1ccccc1C. The van der Waals surface area contributed by atoms with Crippen molar-refractivity contribution in [2.45, 2.75) is 26.3 Å². The second-order valence-electron chi connectivity index (χ2n) is 5.31. The lowest BCUT2D eigenvalue weighted by atomic mass is 9.93. The summed E-state index contributed by atoms with van der Waals surface area (Å²) in [7, 11) is 0. The standard InChI is InChI=1S/C18H21NO/c1-3-19-18(16-7-5-4-6-13(16)2)15-8-9-17-14(12-15)10-11-20-17/h4-9,12,18-19H,3,10-11H2,1-2H3. The van der Waals surface area contributed by atoms with Crippen molar-refractivity contribution in [1.29, 1.82) is 0 Å². The molecule has 2 heteroatoms. The number of ether oxygens (including phenoxy) is 1. The van der Waals surface area contributed by atoms with Crippen LogP contribution in [0.3, 0.4) is 0 Å². The fraction of sp³-hybridized carbons (Fsp3) is 0.333. The predicted molar refractivity (Wildman–Crippen MR) is 82.3 cm³/mol. The number of fused-ring (bicyclic) bond motifs is 1. The highest BCUT2D eigenvalue weighted by Gasteiger charge is 2.18. The van der Waals surface area contributed by atoms with Gasteiger partial charge in [0.05, 0.1) is 12.6 Å². The number of rotatable bonds is 4. The zero-order valence-electron chi connectivity index (χ0n) is 12.1. The van der Waals surface area contributed by atoms with E-state index >= 15 is 0 Å². The second-order valence-corrected chi connectivity index (χ2v) is 5.31. The summed E-state index contributed by atoms with van der Waals surface area (Å²) in [6.07, 6.45) is 1.02. The van der Waals surface area contributed by atoms with Crippen LogP contribution >= 0.6 is 0 Å². The van der Waals surface area contributed by atoms with Gasteiger partial charge in [0.1, 0.15) is 5.75 Å². The molecule has 1 atom stereocenters. The van der Waals surface area contributed by atoms with Gasteiger partial charge in [0.25, 0.3) is 0 Å². The van der Waals surface area contributed by atoms with Crippen LogP contribution in [0.2, 0.25) is 0 Å². The van der Waals surface area contributed by atoms with Gasteiger partial charge in [-0.15, -0.1) is 0 Å². The maximum atomic E-state index is 5.60. The molecule has 2 aromatic carbocycles. The van der Waals surface area contributed by atoms with Gasteiger partial charge in [-0.05, 0) is 41.8 Å². The zero-order chi connectivity index (χ0) is 13.9. The first-order chi connectivity index (χ1) is 9.79. The van der Waals surface area contributed by atoms with Crippen LogP contribution < -0.4 is 10.1 Å². The van der Waals surface area contributed by atoms with Gasteiger partial charge in [-0.2, -0.15) is 0 Å². The summed E-state index contributed by atoms with van der Waals surface area (Å²) in [6, 6.07) is 15.4. The van der Waals surface area contributed by atoms with E-state index in [2.05, 4.69) is 61.6 Å². The van der Waals surface area contributed by atoms with Gasteiger partial charge in [-0.1, -0.05) is 43.3 Å². The van der Waals surface area contributed by atoms with E-state index in [1.807, 2.05) is 0 Å². The van der Waals surface area contributed by atoms with Crippen molar-refractivity contribution in [3.8, 4) is 5.75 Å². The average molecular weight is 267 g/mol. The van der Waals surface area contributed by atoms with Crippen LogP contribution in [0.5, 0.6) is 5.75 Å². The first-order valence-electron chi connectivity index (χ1n) is 7.34. The van der Waals surface area contributed by atoms with Crippen LogP contribution in [-0.2, 0) is 6.42 Å². The van der Waals surface area contributed by atoms with E-state index in [1.54, 1.807) is 0 Å². The van der Waals surface area contributed by atoms with Crippen molar-refractivity contribution in [1.82, 2.24) is 5.32 Å². The van der Waals surface area contributed by atoms with Crippen molar-refractivity contribution in [2.75, 3.05) is 13.2 Å². The number of nitrogens with one attached hydrogen (secondary N) is 1. The number of hydrogen-bond acceptors (Lipinski definition) is 2. The molecule has 104 valence electrons. The van der Waals surface area contributed by atoms with Gasteiger partial charge in [-0.3, -0.25) is 0 Å². The molecule has 2 nitrogen and oxygen atoms in total. The van der Waals surface area contributed by atoms with Gasteiger partial charge >= 0.3 is 0 Å². The minimum absolute atomic E-state index is 0.257. The first kappa shape index (κ1) is 13.2. The molecule has 1 N–H and O–H groups in total. The fourth-order valence-corrected chi connectivity index (χ4v) is 2.91. The molecule has 0 saturated heterocycles. The molecule has 1 heterocycles. The third kappa shape index (κ3) is 2.44. The number of hydrogen-bond donors (Lipinski definition) is 1. The largest absolute Gasteiger partial charge is 0.493 e. The van der Waals surface area contributed by atoms with Gasteiger partial charge in [-0.25, -0.2) is 0 Å². The normalized spacial score (nSPS) is 14.7. The minimum atomic E-state index is 0.257. The van der Waals surface area contributed by atoms with Crippen molar-refractivity contribution in [3.63, 3.8) is 0 Å². The van der Waals surface area contributed by atoms with Gasteiger partial charge in [0.15, 0.2) is 0 Å². The summed E-state index contributed by atoms with van der Waals surface area (Å²) < 4.78 is 5.60. The lowest BCUT2D eigenvalue weighted by Gasteiger charge is -2.21. The monoisotopic (exact) mass is 267 g/mol. The quantitative estimate of drug-likeness (QED) is 0.913. The molecule has 20 heavy (non-hydrogen) atoms. The van der Waals surface area contributed by atoms with E-state index in [0.717, 1.165) is 25.3 Å². The van der Waals surface area contributed by atoms with Crippen molar-refractivity contribution < 1.29 is 4.74 Å². The van der Waals surface area contributed by atoms with Gasteiger partial charge in [0.2, 0.25) is 0 Å². The van der Waals surface area contributed by atoms with Crippen LogP contribution in [0, 0.1) is 6.92 Å². The number of aryl methyl sites for hydroxylation is 1. The Bertz CT molecular complexity index is 606. The van der Waals surface area contributed by atoms with E-state index < -0.39 is 0 Å². The maximum Gasteiger partial charge on any atom is 0.122 e. The lowest BCUT2D eigenvalue weighted by molar-refractivity contribution is 0.357. The zero-order valence-corrected chi connectivity index (χ0v) is 12.1. The molecule has 2 aromatic rings. The molecule has 0 bridgehead atoms. The third-order valence-electron chi connectivity index (χ3n) is 3.95. The molecule has 1 aliphatic rings. The van der Waals surface area contributed by atoms with Crippen molar-refractivity contribution in [3.05, 3.63) is 64.7 Å². The van der Waals surface area contributed by atoms with E-state index in [0.29, 0.717) is 0 Å². The first-order valence-corrected chi connectivity index (χ1v) is 7.34. The minimum Gasteiger partial charge on any atom is -0.493 e. The highest BCUT2D eigenvalue weighted by molar-refractivity contribution is 5.44. The molecular weight excluding hydrogens is 246 g/mol. The van der Waals surface area contributed by atoms with Gasteiger partial charge in [0, 0.05) is 6.42 Å². The summed E-state index contributed by atoms with van der Waals surface area (Å²) in [4.78, 5) is 0. The fourth-order valence-electron chi connectivity index (χ4n) is 2.91. The molecule has 3 rings (SSSR count). The van der Waals surface area contributed by atoms with E-state index in [9.17, 15) is 0 Å². The summed E-state index contributed by atoms with van der Waals surface area (Å²) in [5, 5.41) is 3.61. The molecule has 1 unspecified atom stereocenters. The van der Waals surface area contributed by atoms with Crippen molar-refractivity contribution >= 4 is 0 Å². The Labute approximate surface area is 120 Å². The Kier molecular flexibility index (Phi) is 3.75. The van der Waals surface area contributed by atoms with Crippen molar-refractivity contribution in [2.24, 2.45) is 0 Å². The second kappa shape index (κ2) is 5.68. The molecule has 0 spiro atoms. The Morgan fingerprint density at radius 3 is 2.85 bits per heavy atom. The molecule has 0 radical (unpaired) electrons. The van der Waals surface area contributed by atoms with Crippen LogP contribution in [0.15, 0.2) is 42.5 Å². The average Bonchev–Trinajstić information content (AvgIpc) is 2.93. The van der Waals surface area contributed by atoms with Crippen LogP contribution in [0.25, 0.3) is 0 Å². The topological polar surface area (TPSA) is 21.3 Å². The molecule has 1 aliphatic heterocycles. The molecule has 0 aromatic heterocycles. The maximum absolute atomic E-state index is 5.60. The molecular formula is C18H21NO. The Morgan fingerprint density at radius 2 is 2.05 bits per heavy atom. The van der Waals surface area contributed by atoms with Gasteiger partial charge < -0.3 is 10.1 Å². The summed E-state index contributed by atoms with van der Waals surface area (Å²) in [6.45, 7) is 6.10. The van der Waals surface area contributed by atoms with E-state index in [-0.39, 0.29) is 6.04 Å². The van der Waals surface area contributed by atoms with Crippen LogP contribution in [-0.4, -0.2) is 13.2 Å². The Balaban J connectivity index is 2.01. The van der Waals surface area contributed by atoms with Crippen LogP contribution in [0.4, 0.5) is 0 Å². The Morgan fingerprint density at radius 1 is 1.20 bits per heavy atom. The van der Waals surface area contributed by atoms with E-state index in [1.165, 1.54) is 22.3 Å². The molecule has 0 fully saturated rings. The highest BCUT2D eigenvalue weighted by Crippen LogP contribution is 2.31. The molecule has 0 saturated carbocycles. The number of benzene rings is 2. The third-order valence-corrected chi connectivity index (χ3v) is 3.95. The molecule has 0 amide bonds. The summed E-state index contributed by atoms with van der Waals surface area (Å²) in [5.74, 6) is 1.05. The smallest absolute Gasteiger partial charge is 0.122 e. The highest BCUT2D eigenvalue weighted by atomic mass is 16.5. The van der Waals surface area contributed by atoms with Crippen LogP contribution in [0.1, 0.15) is 35.2 Å². The van der Waals surface area contributed by atoms with E-state index in [4.69, 9.17) is 4.74 Å². The lowest BCUT2D eigenvalue weighted by Crippen LogP contribution is -2.22. The summed E-state index contributed by atoms with van der Waals surface area (Å²) >= 11 is 0. The summed E-state index contributed by atoms with van der Waals surface area (Å²) in [5.41, 5.74) is 5.34. The molecule has 0 aliphatic carbocycles. The predicted octanol–water partition coefficient (Wildman–Crippen LogP) is 3.63.